The van der Waals surface area contributed by atoms with Crippen molar-refractivity contribution in [2.45, 2.75) is 25.8 Å². The second-order valence-corrected chi connectivity index (χ2v) is 11.2. The highest BCUT2D eigenvalue weighted by atomic mass is 32.1. The highest BCUT2D eigenvalue weighted by Gasteiger charge is 2.21. The first-order valence-electron chi connectivity index (χ1n) is 14.0. The van der Waals surface area contributed by atoms with E-state index in [1.165, 1.54) is 11.3 Å². The maximum atomic E-state index is 13.3. The van der Waals surface area contributed by atoms with Crippen LogP contribution in [0, 0.1) is 0 Å². The predicted octanol–water partition coefficient (Wildman–Crippen LogP) is 5.72. The summed E-state index contributed by atoms with van der Waals surface area (Å²) < 4.78 is 1.99. The van der Waals surface area contributed by atoms with Gasteiger partial charge in [0.05, 0.1) is 33.0 Å². The van der Waals surface area contributed by atoms with Crippen molar-refractivity contribution in [1.82, 2.24) is 19.4 Å². The Morgan fingerprint density at radius 1 is 0.952 bits per heavy atom. The molecule has 2 amide bonds. The van der Waals surface area contributed by atoms with Gasteiger partial charge in [0.1, 0.15) is 0 Å². The van der Waals surface area contributed by atoms with E-state index in [-0.39, 0.29) is 24.1 Å². The van der Waals surface area contributed by atoms with E-state index in [9.17, 15) is 14.4 Å². The van der Waals surface area contributed by atoms with E-state index in [0.717, 1.165) is 41.2 Å². The molecule has 3 aromatic heterocycles. The molecule has 6 rings (SSSR count). The van der Waals surface area contributed by atoms with E-state index >= 15 is 0 Å². The van der Waals surface area contributed by atoms with Gasteiger partial charge in [0.15, 0.2) is 5.78 Å². The van der Waals surface area contributed by atoms with Crippen LogP contribution in [0.4, 0.5) is 11.6 Å². The summed E-state index contributed by atoms with van der Waals surface area (Å²) in [7, 11) is 0. The summed E-state index contributed by atoms with van der Waals surface area (Å²) in [4.78, 5) is 50.5. The van der Waals surface area contributed by atoms with Crippen LogP contribution in [0.3, 0.4) is 0 Å². The second kappa shape index (κ2) is 12.4. The number of likely N-dealkylation sites (tertiary alicyclic amines) is 1. The molecule has 5 aromatic rings. The van der Waals surface area contributed by atoms with E-state index in [1.54, 1.807) is 24.4 Å². The Morgan fingerprint density at radius 3 is 2.60 bits per heavy atom. The number of anilines is 2. The molecule has 1 aliphatic heterocycles. The molecule has 0 bridgehead atoms. The summed E-state index contributed by atoms with van der Waals surface area (Å²) in [5.41, 5.74) is 3.78. The van der Waals surface area contributed by atoms with Gasteiger partial charge in [0.25, 0.3) is 5.91 Å². The number of ketones is 1. The van der Waals surface area contributed by atoms with Crippen molar-refractivity contribution in [3.05, 3.63) is 95.5 Å². The Morgan fingerprint density at radius 2 is 1.81 bits per heavy atom. The lowest BCUT2D eigenvalue weighted by molar-refractivity contribution is -0.127. The van der Waals surface area contributed by atoms with Gasteiger partial charge in [0, 0.05) is 43.5 Å². The summed E-state index contributed by atoms with van der Waals surface area (Å²) in [5, 5.41) is 6.21. The fraction of sp³-hybridized carbons (Fsp3) is 0.219. The third-order valence-electron chi connectivity index (χ3n) is 7.25. The Kier molecular flexibility index (Phi) is 8.05. The van der Waals surface area contributed by atoms with Crippen LogP contribution in [0.25, 0.3) is 21.6 Å². The van der Waals surface area contributed by atoms with Crippen LogP contribution >= 0.6 is 11.3 Å². The molecule has 0 saturated carbocycles. The first-order valence-corrected chi connectivity index (χ1v) is 14.8. The number of fused-ring (bicyclic) bond motifs is 1. The third-order valence-corrected chi connectivity index (χ3v) is 8.36. The Hall–Kier alpha value is -4.83. The molecule has 0 aliphatic carbocycles. The summed E-state index contributed by atoms with van der Waals surface area (Å²) in [6.07, 6.45) is 3.97. The van der Waals surface area contributed by atoms with Crippen LogP contribution in [0.2, 0.25) is 0 Å². The van der Waals surface area contributed by atoms with Crippen molar-refractivity contribution in [3.63, 3.8) is 0 Å². The largest absolute Gasteiger partial charge is 0.378 e. The zero-order valence-corrected chi connectivity index (χ0v) is 23.8. The molecule has 10 heteroatoms. The van der Waals surface area contributed by atoms with E-state index in [1.807, 2.05) is 70.1 Å². The van der Waals surface area contributed by atoms with E-state index < -0.39 is 0 Å². The molecule has 1 saturated heterocycles. The molecule has 42 heavy (non-hydrogen) atoms. The average molecular weight is 579 g/mol. The van der Waals surface area contributed by atoms with Crippen LogP contribution < -0.4 is 10.6 Å². The Balaban J connectivity index is 1.22. The number of aromatic nitrogens is 3. The first-order chi connectivity index (χ1) is 20.5. The molecule has 9 nitrogen and oxygen atoms in total. The summed E-state index contributed by atoms with van der Waals surface area (Å²) in [6, 6.07) is 24.3. The lowest BCUT2D eigenvalue weighted by Crippen LogP contribution is -2.26. The number of rotatable bonds is 11. The molecule has 4 heterocycles. The molecular weight excluding hydrogens is 548 g/mol. The average Bonchev–Trinajstić information content (AvgIpc) is 3.76. The van der Waals surface area contributed by atoms with E-state index in [4.69, 9.17) is 4.98 Å². The molecule has 2 aromatic carbocycles. The third kappa shape index (κ3) is 6.08. The second-order valence-electron chi connectivity index (χ2n) is 10.1. The van der Waals surface area contributed by atoms with Crippen LogP contribution in [0.5, 0.6) is 0 Å². The number of aryl methyl sites for hydroxylation is 1. The number of benzene rings is 2. The number of thiophene rings is 1. The van der Waals surface area contributed by atoms with Gasteiger partial charge in [-0.05, 0) is 55.3 Å². The van der Waals surface area contributed by atoms with Gasteiger partial charge in [0.2, 0.25) is 11.9 Å². The number of Topliss-reactive ketones (excluding diaryl/α,β-unsaturated/α-hetero) is 1. The normalized spacial score (nSPS) is 13.0. The van der Waals surface area contributed by atoms with Crippen LogP contribution in [0.15, 0.2) is 85.1 Å². The smallest absolute Gasteiger partial charge is 0.268 e. The highest BCUT2D eigenvalue weighted by molar-refractivity contribution is 7.17. The molecule has 1 aliphatic rings. The van der Waals surface area contributed by atoms with Gasteiger partial charge >= 0.3 is 0 Å². The van der Waals surface area contributed by atoms with Gasteiger partial charge in [-0.1, -0.05) is 36.4 Å². The predicted molar refractivity (Wildman–Crippen MR) is 165 cm³/mol. The number of pyridine rings is 1. The number of amides is 2. The molecule has 0 radical (unpaired) electrons. The van der Waals surface area contributed by atoms with E-state index in [0.29, 0.717) is 41.4 Å². The summed E-state index contributed by atoms with van der Waals surface area (Å²) in [5.74, 6) is 0.376. The highest BCUT2D eigenvalue weighted by Crippen LogP contribution is 2.28. The van der Waals surface area contributed by atoms with E-state index in [2.05, 4.69) is 15.6 Å². The molecule has 0 unspecified atom stereocenters. The minimum atomic E-state index is -0.250. The monoisotopic (exact) mass is 578 g/mol. The SMILES string of the molecule is O=C(CNc1ccc2c(c1)nc(NC(=O)c1ccc(-c3ccccn3)s1)n2CCCN1CCCC1=O)c1ccccc1. The fourth-order valence-corrected chi connectivity index (χ4v) is 5.98. The summed E-state index contributed by atoms with van der Waals surface area (Å²) in [6.45, 7) is 2.19. The minimum absolute atomic E-state index is 0.00772. The van der Waals surface area contributed by atoms with Crippen molar-refractivity contribution in [2.75, 3.05) is 30.3 Å². The number of carbonyl (C=O) groups is 3. The molecule has 2 N–H and O–H groups in total. The van der Waals surface area contributed by atoms with Gasteiger partial charge in [-0.2, -0.15) is 0 Å². The lowest BCUT2D eigenvalue weighted by atomic mass is 10.1. The standard InChI is InChI=1S/C32H30N6O3S/c39-27(22-8-2-1-3-9-22)21-34-23-12-13-26-25(20-23)35-32(38(26)19-7-18-37-17-6-11-30(37)40)36-31(41)29-15-14-28(42-29)24-10-4-5-16-33-24/h1-5,8-10,12-16,20,34H,6-7,11,17-19,21H2,(H,35,36,41). The maximum absolute atomic E-state index is 13.3. The van der Waals surface area contributed by atoms with Gasteiger partial charge < -0.3 is 14.8 Å². The Labute approximate surface area is 247 Å². The number of carbonyl (C=O) groups excluding carboxylic acids is 3. The molecular formula is C32H30N6O3S. The topological polar surface area (TPSA) is 109 Å². The zero-order chi connectivity index (χ0) is 28.9. The van der Waals surface area contributed by atoms with Crippen LogP contribution in [0.1, 0.15) is 39.3 Å². The number of nitrogens with zero attached hydrogens (tertiary/aromatic N) is 4. The number of imidazole rings is 1. The molecule has 1 fully saturated rings. The number of hydrogen-bond acceptors (Lipinski definition) is 7. The van der Waals surface area contributed by atoms with Crippen molar-refractivity contribution < 1.29 is 14.4 Å². The van der Waals surface area contributed by atoms with Crippen LogP contribution in [-0.4, -0.2) is 56.7 Å². The van der Waals surface area contributed by atoms with Gasteiger partial charge in [-0.25, -0.2) is 4.98 Å². The van der Waals surface area contributed by atoms with Gasteiger partial charge in [-0.3, -0.25) is 24.7 Å². The van der Waals surface area contributed by atoms with Crippen molar-refractivity contribution in [2.24, 2.45) is 0 Å². The maximum Gasteiger partial charge on any atom is 0.268 e. The van der Waals surface area contributed by atoms with Crippen molar-refractivity contribution in [3.8, 4) is 10.6 Å². The molecule has 0 spiro atoms. The van der Waals surface area contributed by atoms with Crippen molar-refractivity contribution in [1.29, 1.82) is 0 Å². The first kappa shape index (κ1) is 27.3. The molecule has 0 atom stereocenters. The number of hydrogen-bond donors (Lipinski definition) is 2. The quantitative estimate of drug-likeness (QED) is 0.194. The van der Waals surface area contributed by atoms with Gasteiger partial charge in [-0.15, -0.1) is 11.3 Å². The summed E-state index contributed by atoms with van der Waals surface area (Å²) >= 11 is 1.37. The van der Waals surface area contributed by atoms with Crippen LogP contribution in [-0.2, 0) is 11.3 Å². The Bertz CT molecular complexity index is 1730. The number of nitrogens with one attached hydrogen (secondary N) is 2. The van der Waals surface area contributed by atoms with Crippen molar-refractivity contribution >= 4 is 51.6 Å². The minimum Gasteiger partial charge on any atom is -0.378 e. The lowest BCUT2D eigenvalue weighted by Gasteiger charge is -2.16. The fourth-order valence-electron chi connectivity index (χ4n) is 5.10. The zero-order valence-electron chi connectivity index (χ0n) is 23.0. The molecule has 212 valence electrons.